The van der Waals surface area contributed by atoms with Gasteiger partial charge in [-0.1, -0.05) is 6.07 Å². The molecule has 0 bridgehead atoms. The highest BCUT2D eigenvalue weighted by Crippen LogP contribution is 2.26. The maximum absolute atomic E-state index is 4.47. The number of rotatable bonds is 4. The number of aromatic nitrogens is 2. The lowest BCUT2D eigenvalue weighted by Gasteiger charge is -1.94. The van der Waals surface area contributed by atoms with Crippen molar-refractivity contribution < 1.29 is 0 Å². The Morgan fingerprint density at radius 2 is 2.40 bits per heavy atom. The molecule has 1 saturated carbocycles. The van der Waals surface area contributed by atoms with Gasteiger partial charge in [0.15, 0.2) is 0 Å². The number of thiophene rings is 1. The minimum Gasteiger partial charge on any atom is -0.358 e. The van der Waals surface area contributed by atoms with Crippen molar-refractivity contribution >= 4 is 28.0 Å². The van der Waals surface area contributed by atoms with Crippen LogP contribution in [-0.2, 0) is 6.42 Å². The van der Waals surface area contributed by atoms with Gasteiger partial charge < -0.3 is 5.32 Å². The monoisotopic (exact) mass is 237 g/mol. The first-order chi connectivity index (χ1) is 7.40. The van der Waals surface area contributed by atoms with Gasteiger partial charge in [-0.2, -0.15) is 4.37 Å². The van der Waals surface area contributed by atoms with Gasteiger partial charge in [-0.15, -0.1) is 11.3 Å². The van der Waals surface area contributed by atoms with Crippen LogP contribution in [0.1, 0.15) is 23.5 Å². The molecule has 1 aliphatic carbocycles. The molecule has 2 aromatic heterocycles. The van der Waals surface area contributed by atoms with Gasteiger partial charge in [-0.25, -0.2) is 4.98 Å². The lowest BCUT2D eigenvalue weighted by atomic mass is 10.3. The molecule has 0 radical (unpaired) electrons. The molecule has 2 aromatic rings. The van der Waals surface area contributed by atoms with E-state index in [4.69, 9.17) is 0 Å². The van der Waals surface area contributed by atoms with Crippen molar-refractivity contribution in [3.63, 3.8) is 0 Å². The maximum atomic E-state index is 4.47. The van der Waals surface area contributed by atoms with Crippen molar-refractivity contribution in [1.82, 2.24) is 9.36 Å². The normalized spacial score (nSPS) is 15.5. The molecule has 0 unspecified atom stereocenters. The van der Waals surface area contributed by atoms with E-state index in [1.165, 1.54) is 29.3 Å². The van der Waals surface area contributed by atoms with Crippen molar-refractivity contribution in [2.24, 2.45) is 0 Å². The summed E-state index contributed by atoms with van der Waals surface area (Å²) < 4.78 is 4.35. The molecule has 3 rings (SSSR count). The maximum Gasteiger partial charge on any atom is 0.202 e. The van der Waals surface area contributed by atoms with Crippen LogP contribution in [0.15, 0.2) is 17.5 Å². The summed E-state index contributed by atoms with van der Waals surface area (Å²) in [6, 6.07) is 4.85. The van der Waals surface area contributed by atoms with Gasteiger partial charge in [-0.05, 0) is 24.3 Å². The van der Waals surface area contributed by atoms with Gasteiger partial charge in [0, 0.05) is 28.9 Å². The van der Waals surface area contributed by atoms with E-state index in [-0.39, 0.29) is 0 Å². The second-order valence-corrected chi connectivity index (χ2v) is 5.47. The standard InChI is InChI=1S/C10H11N3S2/c1-2-8(14-5-1)6-9-12-10(15-13-9)11-7-3-4-7/h1-2,5,7H,3-4,6H2,(H,11,12,13). The van der Waals surface area contributed by atoms with E-state index in [2.05, 4.69) is 32.2 Å². The highest BCUT2D eigenvalue weighted by Gasteiger charge is 2.22. The minimum atomic E-state index is 0.660. The van der Waals surface area contributed by atoms with Gasteiger partial charge in [0.2, 0.25) is 5.13 Å². The molecule has 0 atom stereocenters. The van der Waals surface area contributed by atoms with Crippen molar-refractivity contribution in [2.75, 3.05) is 5.32 Å². The highest BCUT2D eigenvalue weighted by atomic mass is 32.1. The third-order valence-corrected chi connectivity index (χ3v) is 3.85. The lowest BCUT2D eigenvalue weighted by Crippen LogP contribution is -2.00. The molecular weight excluding hydrogens is 226 g/mol. The van der Waals surface area contributed by atoms with E-state index in [1.54, 1.807) is 11.3 Å². The van der Waals surface area contributed by atoms with Crippen molar-refractivity contribution in [3.8, 4) is 0 Å². The van der Waals surface area contributed by atoms with E-state index >= 15 is 0 Å². The van der Waals surface area contributed by atoms with E-state index in [1.807, 2.05) is 0 Å². The average molecular weight is 237 g/mol. The molecule has 5 heteroatoms. The zero-order valence-electron chi connectivity index (χ0n) is 8.14. The second-order valence-electron chi connectivity index (χ2n) is 3.69. The number of hydrogen-bond donors (Lipinski definition) is 1. The van der Waals surface area contributed by atoms with Crippen LogP contribution in [-0.4, -0.2) is 15.4 Å². The Kier molecular flexibility index (Phi) is 2.42. The predicted octanol–water partition coefficient (Wildman–Crippen LogP) is 2.76. The Morgan fingerprint density at radius 1 is 1.47 bits per heavy atom. The molecule has 1 N–H and O–H groups in total. The fourth-order valence-electron chi connectivity index (χ4n) is 1.36. The molecule has 0 saturated heterocycles. The number of nitrogens with zero attached hydrogens (tertiary/aromatic N) is 2. The van der Waals surface area contributed by atoms with E-state index in [9.17, 15) is 0 Å². The van der Waals surface area contributed by atoms with E-state index in [0.717, 1.165) is 17.4 Å². The topological polar surface area (TPSA) is 37.8 Å². The van der Waals surface area contributed by atoms with Crippen molar-refractivity contribution in [1.29, 1.82) is 0 Å². The first kappa shape index (κ1) is 9.30. The van der Waals surface area contributed by atoms with Gasteiger partial charge in [0.1, 0.15) is 5.82 Å². The van der Waals surface area contributed by atoms with Gasteiger partial charge >= 0.3 is 0 Å². The molecule has 0 aromatic carbocycles. The van der Waals surface area contributed by atoms with Crippen LogP contribution in [0.2, 0.25) is 0 Å². The third-order valence-electron chi connectivity index (χ3n) is 2.29. The van der Waals surface area contributed by atoms with Crippen molar-refractivity contribution in [3.05, 3.63) is 28.2 Å². The summed E-state index contributed by atoms with van der Waals surface area (Å²) in [7, 11) is 0. The van der Waals surface area contributed by atoms with Crippen molar-refractivity contribution in [2.45, 2.75) is 25.3 Å². The molecule has 1 aliphatic rings. The summed E-state index contributed by atoms with van der Waals surface area (Å²) in [5.41, 5.74) is 0. The summed E-state index contributed by atoms with van der Waals surface area (Å²) in [6.07, 6.45) is 3.42. The van der Waals surface area contributed by atoms with E-state index < -0.39 is 0 Å². The van der Waals surface area contributed by atoms with Gasteiger partial charge in [0.05, 0.1) is 0 Å². The molecule has 0 spiro atoms. The van der Waals surface area contributed by atoms with Crippen LogP contribution in [0.4, 0.5) is 5.13 Å². The zero-order valence-corrected chi connectivity index (χ0v) is 9.77. The fourth-order valence-corrected chi connectivity index (χ4v) is 2.72. The number of hydrogen-bond acceptors (Lipinski definition) is 5. The minimum absolute atomic E-state index is 0.660. The van der Waals surface area contributed by atoms with Crippen LogP contribution in [0, 0.1) is 0 Å². The fraction of sp³-hybridized carbons (Fsp3) is 0.400. The number of nitrogens with one attached hydrogen (secondary N) is 1. The summed E-state index contributed by atoms with van der Waals surface area (Å²) in [4.78, 5) is 5.79. The van der Waals surface area contributed by atoms with Gasteiger partial charge in [0.25, 0.3) is 0 Å². The lowest BCUT2D eigenvalue weighted by molar-refractivity contribution is 1.04. The summed E-state index contributed by atoms with van der Waals surface area (Å²) in [6.45, 7) is 0. The Morgan fingerprint density at radius 3 is 3.13 bits per heavy atom. The SMILES string of the molecule is c1csc(Cc2nsc(NC3CC3)n2)c1. The Bertz CT molecular complexity index is 431. The highest BCUT2D eigenvalue weighted by molar-refractivity contribution is 7.10. The molecule has 15 heavy (non-hydrogen) atoms. The van der Waals surface area contributed by atoms with Crippen LogP contribution >= 0.6 is 22.9 Å². The molecule has 2 heterocycles. The number of anilines is 1. The molecule has 3 nitrogen and oxygen atoms in total. The smallest absolute Gasteiger partial charge is 0.202 e. The quantitative estimate of drug-likeness (QED) is 0.888. The Hall–Kier alpha value is -0.940. The first-order valence-electron chi connectivity index (χ1n) is 5.01. The first-order valence-corrected chi connectivity index (χ1v) is 6.67. The largest absolute Gasteiger partial charge is 0.358 e. The second kappa shape index (κ2) is 3.90. The molecule has 0 amide bonds. The molecule has 0 aliphatic heterocycles. The summed E-state index contributed by atoms with van der Waals surface area (Å²) in [5, 5.41) is 6.43. The Labute approximate surface area is 96.4 Å². The molecule has 78 valence electrons. The zero-order chi connectivity index (χ0) is 10.1. The molecular formula is C10H11N3S2. The van der Waals surface area contributed by atoms with E-state index in [0.29, 0.717) is 6.04 Å². The van der Waals surface area contributed by atoms with Gasteiger partial charge in [-0.3, -0.25) is 0 Å². The van der Waals surface area contributed by atoms with Crippen LogP contribution < -0.4 is 5.32 Å². The van der Waals surface area contributed by atoms with Crippen LogP contribution in [0.3, 0.4) is 0 Å². The average Bonchev–Trinajstić information content (AvgIpc) is 2.74. The van der Waals surface area contributed by atoms with Crippen LogP contribution in [0.25, 0.3) is 0 Å². The summed E-state index contributed by atoms with van der Waals surface area (Å²) in [5.74, 6) is 0.936. The van der Waals surface area contributed by atoms with Crippen LogP contribution in [0.5, 0.6) is 0 Å². The Balaban J connectivity index is 1.67. The molecule has 1 fully saturated rings. The third kappa shape index (κ3) is 2.35. The predicted molar refractivity (Wildman–Crippen MR) is 63.7 cm³/mol. The summed E-state index contributed by atoms with van der Waals surface area (Å²) >= 11 is 3.23.